The molecule has 0 bridgehead atoms. The number of carbonyl (C=O) groups excluding carboxylic acids is 1. The maximum absolute atomic E-state index is 12.2. The van der Waals surface area contributed by atoms with Gasteiger partial charge in [0.15, 0.2) is 11.5 Å². The van der Waals surface area contributed by atoms with Gasteiger partial charge in [-0.25, -0.2) is 0 Å². The molecule has 136 valence electrons. The van der Waals surface area contributed by atoms with Crippen LogP contribution in [0.5, 0.6) is 17.2 Å². The zero-order valence-corrected chi connectivity index (χ0v) is 15.3. The topological polar surface area (TPSA) is 68.8 Å². The zero-order chi connectivity index (χ0) is 16.7. The predicted molar refractivity (Wildman–Crippen MR) is 95.7 cm³/mol. The van der Waals surface area contributed by atoms with Crippen molar-refractivity contribution in [3.05, 3.63) is 17.7 Å². The molecule has 1 aliphatic rings. The Morgan fingerprint density at radius 3 is 2.38 bits per heavy atom. The van der Waals surface area contributed by atoms with Gasteiger partial charge >= 0.3 is 0 Å². The quantitative estimate of drug-likeness (QED) is 0.777. The van der Waals surface area contributed by atoms with Crippen molar-refractivity contribution in [3.63, 3.8) is 0 Å². The molecule has 7 heteroatoms. The summed E-state index contributed by atoms with van der Waals surface area (Å²) in [5, 5.41) is 6.29. The molecular weight excluding hydrogens is 332 g/mol. The lowest BCUT2D eigenvalue weighted by molar-refractivity contribution is -0.125. The van der Waals surface area contributed by atoms with Crippen molar-refractivity contribution in [1.29, 1.82) is 0 Å². The molecule has 6 nitrogen and oxygen atoms in total. The largest absolute Gasteiger partial charge is 0.493 e. The summed E-state index contributed by atoms with van der Waals surface area (Å²) >= 11 is 0. The zero-order valence-electron chi connectivity index (χ0n) is 14.5. The van der Waals surface area contributed by atoms with Gasteiger partial charge in [-0.1, -0.05) is 6.07 Å². The number of ether oxygens (including phenoxy) is 3. The number of hydrogen-bond donors (Lipinski definition) is 2. The van der Waals surface area contributed by atoms with Crippen molar-refractivity contribution < 1.29 is 19.0 Å². The third kappa shape index (κ3) is 4.92. The molecule has 0 spiro atoms. The van der Waals surface area contributed by atoms with Crippen LogP contribution in [0.25, 0.3) is 0 Å². The standard InChI is InChI=1S/C17H26N2O4.ClH/c1-21-14-5-4-12(15(22-2)16(14)23-3)8-11-19-17(20)13-6-9-18-10-7-13;/h4-5,13,18H,6-11H2,1-3H3,(H,19,20);1H. The number of piperidine rings is 1. The van der Waals surface area contributed by atoms with Crippen molar-refractivity contribution in [1.82, 2.24) is 10.6 Å². The SMILES string of the molecule is COc1ccc(CCNC(=O)C2CCNCC2)c(OC)c1OC.Cl. The third-order valence-electron chi connectivity index (χ3n) is 4.19. The molecule has 1 saturated heterocycles. The summed E-state index contributed by atoms with van der Waals surface area (Å²) in [7, 11) is 4.79. The van der Waals surface area contributed by atoms with Gasteiger partial charge in [0.2, 0.25) is 11.7 Å². The second-order valence-electron chi connectivity index (χ2n) is 5.56. The number of methoxy groups -OCH3 is 3. The summed E-state index contributed by atoms with van der Waals surface area (Å²) in [5.74, 6) is 2.14. The Morgan fingerprint density at radius 2 is 1.79 bits per heavy atom. The lowest BCUT2D eigenvalue weighted by atomic mass is 9.97. The van der Waals surface area contributed by atoms with E-state index < -0.39 is 0 Å². The number of carbonyl (C=O) groups is 1. The van der Waals surface area contributed by atoms with Crippen LogP contribution >= 0.6 is 12.4 Å². The van der Waals surface area contributed by atoms with Gasteiger partial charge in [-0.2, -0.15) is 0 Å². The Morgan fingerprint density at radius 1 is 1.12 bits per heavy atom. The Balaban J connectivity index is 0.00000288. The van der Waals surface area contributed by atoms with E-state index in [4.69, 9.17) is 14.2 Å². The molecule has 0 radical (unpaired) electrons. The molecule has 0 unspecified atom stereocenters. The first-order chi connectivity index (χ1) is 11.2. The molecule has 0 saturated carbocycles. The number of halogens is 1. The van der Waals surface area contributed by atoms with Gasteiger partial charge in [0.25, 0.3) is 0 Å². The average molecular weight is 359 g/mol. The lowest BCUT2D eigenvalue weighted by Crippen LogP contribution is -2.38. The number of amides is 1. The second-order valence-corrected chi connectivity index (χ2v) is 5.56. The lowest BCUT2D eigenvalue weighted by Gasteiger charge is -2.22. The van der Waals surface area contributed by atoms with Crippen LogP contribution in [0, 0.1) is 5.92 Å². The Hall–Kier alpha value is -1.66. The predicted octanol–water partition coefficient (Wildman–Crippen LogP) is 1.79. The van der Waals surface area contributed by atoms with Crippen LogP contribution in [-0.4, -0.2) is 46.9 Å². The van der Waals surface area contributed by atoms with Crippen LogP contribution in [0.1, 0.15) is 18.4 Å². The van der Waals surface area contributed by atoms with E-state index in [2.05, 4.69) is 10.6 Å². The third-order valence-corrected chi connectivity index (χ3v) is 4.19. The van der Waals surface area contributed by atoms with E-state index in [0.717, 1.165) is 31.5 Å². The first-order valence-electron chi connectivity index (χ1n) is 7.97. The minimum Gasteiger partial charge on any atom is -0.493 e. The fourth-order valence-electron chi connectivity index (χ4n) is 2.91. The van der Waals surface area contributed by atoms with Crippen LogP contribution in [0.4, 0.5) is 0 Å². The fourth-order valence-corrected chi connectivity index (χ4v) is 2.91. The molecule has 2 N–H and O–H groups in total. The smallest absolute Gasteiger partial charge is 0.223 e. The van der Waals surface area contributed by atoms with Crippen LogP contribution < -0.4 is 24.8 Å². The summed E-state index contributed by atoms with van der Waals surface area (Å²) in [4.78, 5) is 12.2. The molecule has 24 heavy (non-hydrogen) atoms. The van der Waals surface area contributed by atoms with Gasteiger partial charge in [0, 0.05) is 18.0 Å². The summed E-state index contributed by atoms with van der Waals surface area (Å²) in [6.07, 6.45) is 2.50. The average Bonchev–Trinajstić information content (AvgIpc) is 2.61. The molecule has 1 aliphatic heterocycles. The van der Waals surface area contributed by atoms with Crippen LogP contribution in [0.15, 0.2) is 12.1 Å². The number of nitrogens with one attached hydrogen (secondary N) is 2. The molecule has 1 heterocycles. The minimum atomic E-state index is 0. The van der Waals surface area contributed by atoms with E-state index in [1.165, 1.54) is 0 Å². The maximum Gasteiger partial charge on any atom is 0.223 e. The summed E-state index contributed by atoms with van der Waals surface area (Å²) < 4.78 is 16.1. The Kier molecular flexibility index (Phi) is 8.71. The van der Waals surface area contributed by atoms with Crippen molar-refractivity contribution >= 4 is 18.3 Å². The number of hydrogen-bond acceptors (Lipinski definition) is 5. The highest BCUT2D eigenvalue weighted by atomic mass is 35.5. The van der Waals surface area contributed by atoms with Crippen LogP contribution in [-0.2, 0) is 11.2 Å². The highest BCUT2D eigenvalue weighted by Crippen LogP contribution is 2.39. The van der Waals surface area contributed by atoms with Crippen LogP contribution in [0.3, 0.4) is 0 Å². The first kappa shape index (κ1) is 20.4. The summed E-state index contributed by atoms with van der Waals surface area (Å²) in [6.45, 7) is 2.41. The summed E-state index contributed by atoms with van der Waals surface area (Å²) in [5.41, 5.74) is 0.982. The van der Waals surface area contributed by atoms with E-state index in [0.29, 0.717) is 30.2 Å². The van der Waals surface area contributed by atoms with Gasteiger partial charge < -0.3 is 24.8 Å². The number of benzene rings is 1. The van der Waals surface area contributed by atoms with E-state index in [9.17, 15) is 4.79 Å². The number of rotatable bonds is 7. The molecular formula is C17H27ClN2O4. The normalized spacial score (nSPS) is 14.5. The Labute approximate surface area is 149 Å². The molecule has 1 amide bonds. The van der Waals surface area contributed by atoms with E-state index >= 15 is 0 Å². The highest BCUT2D eigenvalue weighted by Gasteiger charge is 2.21. The van der Waals surface area contributed by atoms with Crippen LogP contribution in [0.2, 0.25) is 0 Å². The second kappa shape index (κ2) is 10.3. The highest BCUT2D eigenvalue weighted by molar-refractivity contribution is 5.85. The maximum atomic E-state index is 12.2. The van der Waals surface area contributed by atoms with E-state index in [-0.39, 0.29) is 24.2 Å². The van der Waals surface area contributed by atoms with E-state index in [1.807, 2.05) is 12.1 Å². The Bertz CT molecular complexity index is 534. The van der Waals surface area contributed by atoms with Gasteiger partial charge in [-0.3, -0.25) is 4.79 Å². The molecule has 0 aliphatic carbocycles. The van der Waals surface area contributed by atoms with Gasteiger partial charge in [0.05, 0.1) is 21.3 Å². The van der Waals surface area contributed by atoms with Crippen molar-refractivity contribution in [2.45, 2.75) is 19.3 Å². The molecule has 1 fully saturated rings. The molecule has 0 aromatic heterocycles. The monoisotopic (exact) mass is 358 g/mol. The van der Waals surface area contributed by atoms with Crippen molar-refractivity contribution in [2.24, 2.45) is 5.92 Å². The fraction of sp³-hybridized carbons (Fsp3) is 0.588. The molecule has 1 aromatic rings. The van der Waals surface area contributed by atoms with Gasteiger partial charge in [0.1, 0.15) is 0 Å². The molecule has 2 rings (SSSR count). The minimum absolute atomic E-state index is 0. The van der Waals surface area contributed by atoms with Gasteiger partial charge in [-0.05, 0) is 38.4 Å². The molecule has 1 aromatic carbocycles. The molecule has 0 atom stereocenters. The first-order valence-corrected chi connectivity index (χ1v) is 7.97. The van der Waals surface area contributed by atoms with Crippen molar-refractivity contribution in [3.8, 4) is 17.2 Å². The van der Waals surface area contributed by atoms with E-state index in [1.54, 1.807) is 21.3 Å². The van der Waals surface area contributed by atoms with Crippen molar-refractivity contribution in [2.75, 3.05) is 41.0 Å². The van der Waals surface area contributed by atoms with Gasteiger partial charge in [-0.15, -0.1) is 12.4 Å². The summed E-state index contributed by atoms with van der Waals surface area (Å²) in [6, 6.07) is 3.79.